The van der Waals surface area contributed by atoms with Crippen molar-refractivity contribution < 1.29 is 4.79 Å². The van der Waals surface area contributed by atoms with Crippen molar-refractivity contribution in [3.8, 4) is 0 Å². The summed E-state index contributed by atoms with van der Waals surface area (Å²) in [6.45, 7) is 2.36. The van der Waals surface area contributed by atoms with E-state index in [1.807, 2.05) is 0 Å². The van der Waals surface area contributed by atoms with Gasteiger partial charge in [0, 0.05) is 25.6 Å². The molecule has 1 aliphatic rings. The van der Waals surface area contributed by atoms with Gasteiger partial charge in [0.1, 0.15) is 0 Å². The van der Waals surface area contributed by atoms with Crippen LogP contribution in [0.3, 0.4) is 0 Å². The quantitative estimate of drug-likeness (QED) is 0.790. The van der Waals surface area contributed by atoms with Gasteiger partial charge in [-0.25, -0.2) is 0 Å². The second kappa shape index (κ2) is 6.06. The van der Waals surface area contributed by atoms with E-state index < -0.39 is 0 Å². The van der Waals surface area contributed by atoms with Crippen molar-refractivity contribution in [2.75, 3.05) is 13.1 Å². The molecule has 0 aliphatic heterocycles. The molecule has 2 aromatic carbocycles. The van der Waals surface area contributed by atoms with Crippen molar-refractivity contribution in [3.05, 3.63) is 48.0 Å². The molecule has 1 fully saturated rings. The first kappa shape index (κ1) is 13.1. The van der Waals surface area contributed by atoms with Gasteiger partial charge in [0.2, 0.25) is 5.91 Å². The number of carbonyl (C=O) groups is 1. The maximum atomic E-state index is 11.4. The highest BCUT2D eigenvalue weighted by Gasteiger charge is 2.28. The van der Waals surface area contributed by atoms with Crippen LogP contribution in [0.15, 0.2) is 42.5 Å². The lowest BCUT2D eigenvalue weighted by molar-refractivity contribution is -0.122. The number of carbonyl (C=O) groups excluding carboxylic acids is 1. The van der Waals surface area contributed by atoms with E-state index in [-0.39, 0.29) is 5.91 Å². The molecule has 2 N–H and O–H groups in total. The number of hydrogen-bond donors (Lipinski definition) is 2. The highest BCUT2D eigenvalue weighted by Crippen LogP contribution is 2.28. The molecule has 1 saturated carbocycles. The molecule has 0 bridgehead atoms. The van der Waals surface area contributed by atoms with Gasteiger partial charge in [-0.2, -0.15) is 0 Å². The fraction of sp³-hybridized carbons (Fsp3) is 0.353. The Balaban J connectivity index is 1.43. The summed E-state index contributed by atoms with van der Waals surface area (Å²) in [6.07, 6.45) is 2.13. The average Bonchev–Trinajstić information content (AvgIpc) is 3.31. The largest absolute Gasteiger partial charge is 0.355 e. The highest BCUT2D eigenvalue weighted by molar-refractivity contribution is 5.83. The molecule has 3 heteroatoms. The topological polar surface area (TPSA) is 41.1 Å². The summed E-state index contributed by atoms with van der Waals surface area (Å²) < 4.78 is 0. The predicted molar refractivity (Wildman–Crippen MR) is 81.4 cm³/mol. The summed E-state index contributed by atoms with van der Waals surface area (Å²) in [5.74, 6) is 0.521. The van der Waals surface area contributed by atoms with Gasteiger partial charge < -0.3 is 10.6 Å². The molecule has 104 valence electrons. The highest BCUT2D eigenvalue weighted by atomic mass is 16.2. The van der Waals surface area contributed by atoms with Crippen molar-refractivity contribution in [2.45, 2.75) is 19.4 Å². The Morgan fingerprint density at radius 2 is 1.85 bits per heavy atom. The third kappa shape index (κ3) is 3.36. The van der Waals surface area contributed by atoms with E-state index in [4.69, 9.17) is 0 Å². The average molecular weight is 268 g/mol. The van der Waals surface area contributed by atoms with Gasteiger partial charge >= 0.3 is 0 Å². The lowest BCUT2D eigenvalue weighted by Crippen LogP contribution is -2.32. The summed E-state index contributed by atoms with van der Waals surface area (Å²) >= 11 is 0. The maximum absolute atomic E-state index is 11.4. The van der Waals surface area contributed by atoms with Gasteiger partial charge in [0.05, 0.1) is 0 Å². The number of nitrogens with one attached hydrogen (secondary N) is 2. The summed E-state index contributed by atoms with van der Waals surface area (Å²) in [6, 6.07) is 14.9. The van der Waals surface area contributed by atoms with E-state index in [2.05, 4.69) is 53.1 Å². The monoisotopic (exact) mass is 268 g/mol. The third-order valence-corrected chi connectivity index (χ3v) is 3.69. The van der Waals surface area contributed by atoms with E-state index >= 15 is 0 Å². The van der Waals surface area contributed by atoms with Gasteiger partial charge in [-0.15, -0.1) is 0 Å². The molecule has 0 radical (unpaired) electrons. The normalized spacial score (nSPS) is 14.4. The van der Waals surface area contributed by atoms with Gasteiger partial charge in [0.15, 0.2) is 0 Å². The van der Waals surface area contributed by atoms with E-state index in [1.165, 1.54) is 16.3 Å². The Kier molecular flexibility index (Phi) is 3.97. The molecule has 0 unspecified atom stereocenters. The minimum absolute atomic E-state index is 0.220. The standard InChI is InChI=1S/C17H20N2O/c20-17(15-7-8-15)19-10-9-18-12-13-5-6-14-3-1-2-4-16(14)11-13/h1-6,11,15,18H,7-10,12H2,(H,19,20). The first-order valence-corrected chi connectivity index (χ1v) is 7.29. The molecule has 0 atom stereocenters. The van der Waals surface area contributed by atoms with Crippen LogP contribution in [0.1, 0.15) is 18.4 Å². The number of benzene rings is 2. The van der Waals surface area contributed by atoms with Crippen LogP contribution in [-0.2, 0) is 11.3 Å². The maximum Gasteiger partial charge on any atom is 0.223 e. The van der Waals surface area contributed by atoms with Gasteiger partial charge in [0.25, 0.3) is 0 Å². The molecule has 2 aromatic rings. The number of fused-ring (bicyclic) bond motifs is 1. The molecular weight excluding hydrogens is 248 g/mol. The minimum Gasteiger partial charge on any atom is -0.355 e. The molecule has 0 spiro atoms. The molecule has 1 amide bonds. The molecule has 0 saturated heterocycles. The van der Waals surface area contributed by atoms with Gasteiger partial charge in [-0.05, 0) is 35.2 Å². The van der Waals surface area contributed by atoms with E-state index in [0.717, 1.165) is 25.9 Å². The molecule has 3 nitrogen and oxygen atoms in total. The molecule has 1 aliphatic carbocycles. The van der Waals surface area contributed by atoms with Crippen LogP contribution >= 0.6 is 0 Å². The Hall–Kier alpha value is -1.87. The predicted octanol–water partition coefficient (Wildman–Crippen LogP) is 2.46. The van der Waals surface area contributed by atoms with Crippen molar-refractivity contribution in [1.82, 2.24) is 10.6 Å². The van der Waals surface area contributed by atoms with Gasteiger partial charge in [-0.3, -0.25) is 4.79 Å². The Morgan fingerprint density at radius 1 is 1.05 bits per heavy atom. The first-order chi connectivity index (χ1) is 9.83. The Bertz CT molecular complexity index is 605. The Labute approximate surface area is 119 Å². The minimum atomic E-state index is 0.220. The fourth-order valence-electron chi connectivity index (χ4n) is 2.35. The lowest BCUT2D eigenvalue weighted by Gasteiger charge is -2.07. The van der Waals surface area contributed by atoms with Crippen LogP contribution in [-0.4, -0.2) is 19.0 Å². The van der Waals surface area contributed by atoms with E-state index in [1.54, 1.807) is 0 Å². The van der Waals surface area contributed by atoms with Crippen LogP contribution in [0.5, 0.6) is 0 Å². The second-order valence-corrected chi connectivity index (χ2v) is 5.42. The summed E-state index contributed by atoms with van der Waals surface area (Å²) in [5.41, 5.74) is 1.28. The number of amides is 1. The molecule has 0 aromatic heterocycles. The summed E-state index contributed by atoms with van der Waals surface area (Å²) in [7, 11) is 0. The molecule has 0 heterocycles. The van der Waals surface area contributed by atoms with Gasteiger partial charge in [-0.1, -0.05) is 36.4 Å². The van der Waals surface area contributed by atoms with E-state index in [9.17, 15) is 4.79 Å². The summed E-state index contributed by atoms with van der Waals surface area (Å²) in [4.78, 5) is 11.4. The summed E-state index contributed by atoms with van der Waals surface area (Å²) in [5, 5.41) is 8.87. The van der Waals surface area contributed by atoms with E-state index in [0.29, 0.717) is 12.5 Å². The zero-order valence-electron chi connectivity index (χ0n) is 11.6. The van der Waals surface area contributed by atoms with Crippen LogP contribution in [0.25, 0.3) is 10.8 Å². The third-order valence-electron chi connectivity index (χ3n) is 3.69. The first-order valence-electron chi connectivity index (χ1n) is 7.29. The molecule has 20 heavy (non-hydrogen) atoms. The van der Waals surface area contributed by atoms with Crippen molar-refractivity contribution >= 4 is 16.7 Å². The molecule has 3 rings (SSSR count). The SMILES string of the molecule is O=C(NCCNCc1ccc2ccccc2c1)C1CC1. The second-order valence-electron chi connectivity index (χ2n) is 5.42. The van der Waals surface area contributed by atoms with Crippen molar-refractivity contribution in [1.29, 1.82) is 0 Å². The van der Waals surface area contributed by atoms with Crippen LogP contribution in [0.2, 0.25) is 0 Å². The zero-order chi connectivity index (χ0) is 13.8. The van der Waals surface area contributed by atoms with Crippen LogP contribution < -0.4 is 10.6 Å². The smallest absolute Gasteiger partial charge is 0.223 e. The Morgan fingerprint density at radius 3 is 2.65 bits per heavy atom. The number of rotatable bonds is 6. The van der Waals surface area contributed by atoms with Crippen LogP contribution in [0, 0.1) is 5.92 Å². The lowest BCUT2D eigenvalue weighted by atomic mass is 10.1. The van der Waals surface area contributed by atoms with Crippen molar-refractivity contribution in [3.63, 3.8) is 0 Å². The van der Waals surface area contributed by atoms with Crippen molar-refractivity contribution in [2.24, 2.45) is 5.92 Å². The number of hydrogen-bond acceptors (Lipinski definition) is 2. The van der Waals surface area contributed by atoms with Crippen LogP contribution in [0.4, 0.5) is 0 Å². The fourth-order valence-corrected chi connectivity index (χ4v) is 2.35. The molecular formula is C17H20N2O. The zero-order valence-corrected chi connectivity index (χ0v) is 11.6.